The second kappa shape index (κ2) is 6.04. The van der Waals surface area contributed by atoms with Gasteiger partial charge in [-0.15, -0.1) is 0 Å². The molecule has 0 aliphatic carbocycles. The van der Waals surface area contributed by atoms with Crippen molar-refractivity contribution in [2.45, 2.75) is 38.3 Å². The highest BCUT2D eigenvalue weighted by molar-refractivity contribution is 9.10. The van der Waals surface area contributed by atoms with Crippen LogP contribution in [-0.2, 0) is 0 Å². The standard InChI is InChI=1S/C16H24BrN3/c1-12(18)13-5-6-16(15(17)10-13)20-9-3-8-19-7-2-4-14(19)11-20/h5-6,10,12,14H,2-4,7-9,11,18H2,1H3/t12-,14?/m1/s1. The number of rotatable bonds is 2. The molecule has 0 amide bonds. The second-order valence-electron chi connectivity index (χ2n) is 6.13. The van der Waals surface area contributed by atoms with E-state index in [9.17, 15) is 0 Å². The quantitative estimate of drug-likeness (QED) is 0.899. The smallest absolute Gasteiger partial charge is 0.0511 e. The summed E-state index contributed by atoms with van der Waals surface area (Å²) in [5.41, 5.74) is 8.48. The summed E-state index contributed by atoms with van der Waals surface area (Å²) in [6.45, 7) is 6.91. The van der Waals surface area contributed by atoms with Gasteiger partial charge in [-0.1, -0.05) is 6.07 Å². The van der Waals surface area contributed by atoms with Gasteiger partial charge in [-0.2, -0.15) is 0 Å². The average Bonchev–Trinajstić information content (AvgIpc) is 2.76. The molecule has 20 heavy (non-hydrogen) atoms. The molecule has 2 aliphatic rings. The van der Waals surface area contributed by atoms with Crippen molar-refractivity contribution in [2.75, 3.05) is 31.1 Å². The molecule has 0 radical (unpaired) electrons. The molecule has 2 atom stereocenters. The molecular weight excluding hydrogens is 314 g/mol. The summed E-state index contributed by atoms with van der Waals surface area (Å²) in [6.07, 6.45) is 3.98. The van der Waals surface area contributed by atoms with Gasteiger partial charge in [-0.3, -0.25) is 4.90 Å². The van der Waals surface area contributed by atoms with Gasteiger partial charge in [-0.05, 0) is 66.4 Å². The minimum Gasteiger partial charge on any atom is -0.369 e. The first-order valence-corrected chi connectivity index (χ1v) is 8.48. The van der Waals surface area contributed by atoms with E-state index in [-0.39, 0.29) is 6.04 Å². The molecule has 2 heterocycles. The molecule has 4 heteroatoms. The van der Waals surface area contributed by atoms with Crippen LogP contribution in [0.15, 0.2) is 22.7 Å². The van der Waals surface area contributed by atoms with Gasteiger partial charge in [0.15, 0.2) is 0 Å². The van der Waals surface area contributed by atoms with E-state index < -0.39 is 0 Å². The number of fused-ring (bicyclic) bond motifs is 1. The van der Waals surface area contributed by atoms with Gasteiger partial charge in [0.05, 0.1) is 5.69 Å². The Morgan fingerprint density at radius 3 is 2.80 bits per heavy atom. The van der Waals surface area contributed by atoms with Gasteiger partial charge >= 0.3 is 0 Å². The van der Waals surface area contributed by atoms with Crippen molar-refractivity contribution in [3.05, 3.63) is 28.2 Å². The maximum Gasteiger partial charge on any atom is 0.0511 e. The maximum atomic E-state index is 5.97. The molecule has 3 nitrogen and oxygen atoms in total. The fraction of sp³-hybridized carbons (Fsp3) is 0.625. The van der Waals surface area contributed by atoms with Crippen molar-refractivity contribution in [2.24, 2.45) is 5.73 Å². The van der Waals surface area contributed by atoms with Crippen LogP contribution in [0.1, 0.15) is 37.8 Å². The summed E-state index contributed by atoms with van der Waals surface area (Å²) in [7, 11) is 0. The molecule has 1 aromatic carbocycles. The van der Waals surface area contributed by atoms with Crippen LogP contribution in [0.2, 0.25) is 0 Å². The van der Waals surface area contributed by atoms with E-state index in [0.29, 0.717) is 0 Å². The van der Waals surface area contributed by atoms with Gasteiger partial charge in [0.25, 0.3) is 0 Å². The first kappa shape index (κ1) is 14.4. The lowest BCUT2D eigenvalue weighted by Gasteiger charge is -2.28. The summed E-state index contributed by atoms with van der Waals surface area (Å²) in [5.74, 6) is 0. The van der Waals surface area contributed by atoms with E-state index in [1.54, 1.807) is 0 Å². The van der Waals surface area contributed by atoms with Crippen LogP contribution < -0.4 is 10.6 Å². The monoisotopic (exact) mass is 337 g/mol. The third-order valence-corrected chi connectivity index (χ3v) is 5.28. The predicted octanol–water partition coefficient (Wildman–Crippen LogP) is 3.14. The molecule has 1 aromatic rings. The van der Waals surface area contributed by atoms with Gasteiger partial charge in [0.1, 0.15) is 0 Å². The van der Waals surface area contributed by atoms with Crippen molar-refractivity contribution in [1.29, 1.82) is 0 Å². The lowest BCUT2D eigenvalue weighted by molar-refractivity contribution is 0.273. The number of anilines is 1. The zero-order valence-electron chi connectivity index (χ0n) is 12.2. The highest BCUT2D eigenvalue weighted by Gasteiger charge is 2.29. The van der Waals surface area contributed by atoms with Crippen LogP contribution in [0.5, 0.6) is 0 Å². The minimum absolute atomic E-state index is 0.0924. The molecule has 110 valence electrons. The number of hydrogen-bond acceptors (Lipinski definition) is 3. The highest BCUT2D eigenvalue weighted by atomic mass is 79.9. The number of nitrogens with two attached hydrogens (primary N) is 1. The van der Waals surface area contributed by atoms with Gasteiger partial charge in [-0.25, -0.2) is 0 Å². The third kappa shape index (κ3) is 2.87. The topological polar surface area (TPSA) is 32.5 Å². The maximum absolute atomic E-state index is 5.97. The highest BCUT2D eigenvalue weighted by Crippen LogP contribution is 2.32. The Morgan fingerprint density at radius 2 is 2.05 bits per heavy atom. The van der Waals surface area contributed by atoms with Crippen LogP contribution in [-0.4, -0.2) is 37.1 Å². The van der Waals surface area contributed by atoms with E-state index >= 15 is 0 Å². The Labute approximate surface area is 130 Å². The Bertz CT molecular complexity index is 475. The molecule has 0 bridgehead atoms. The Morgan fingerprint density at radius 1 is 1.25 bits per heavy atom. The van der Waals surface area contributed by atoms with E-state index in [0.717, 1.165) is 19.1 Å². The SMILES string of the molecule is C[C@@H](N)c1ccc(N2CCCN3CCCC3C2)c(Br)c1. The first-order chi connectivity index (χ1) is 9.65. The van der Waals surface area contributed by atoms with E-state index in [1.807, 2.05) is 6.92 Å². The van der Waals surface area contributed by atoms with Crippen LogP contribution in [0.3, 0.4) is 0 Å². The molecule has 0 spiro atoms. The van der Waals surface area contributed by atoms with E-state index in [2.05, 4.69) is 43.9 Å². The Balaban J connectivity index is 1.81. The van der Waals surface area contributed by atoms with Gasteiger partial charge < -0.3 is 10.6 Å². The average molecular weight is 338 g/mol. The van der Waals surface area contributed by atoms with Crippen molar-refractivity contribution in [1.82, 2.24) is 4.90 Å². The van der Waals surface area contributed by atoms with Crippen LogP contribution in [0, 0.1) is 0 Å². The summed E-state index contributed by atoms with van der Waals surface area (Å²) in [4.78, 5) is 5.22. The van der Waals surface area contributed by atoms with E-state index in [1.165, 1.54) is 48.1 Å². The predicted molar refractivity (Wildman–Crippen MR) is 88.2 cm³/mol. The summed E-state index contributed by atoms with van der Waals surface area (Å²) in [5, 5.41) is 0. The molecule has 3 rings (SSSR count). The second-order valence-corrected chi connectivity index (χ2v) is 6.99. The first-order valence-electron chi connectivity index (χ1n) is 7.69. The zero-order chi connectivity index (χ0) is 14.1. The number of halogens is 1. The van der Waals surface area contributed by atoms with Crippen LogP contribution in [0.4, 0.5) is 5.69 Å². The summed E-state index contributed by atoms with van der Waals surface area (Å²) >= 11 is 3.74. The Hall–Kier alpha value is -0.580. The molecule has 1 unspecified atom stereocenters. The van der Waals surface area contributed by atoms with E-state index in [4.69, 9.17) is 5.73 Å². The van der Waals surface area contributed by atoms with Crippen molar-refractivity contribution < 1.29 is 0 Å². The summed E-state index contributed by atoms with van der Waals surface area (Å²) < 4.78 is 1.18. The molecule has 0 saturated carbocycles. The van der Waals surface area contributed by atoms with Crippen LogP contribution >= 0.6 is 15.9 Å². The molecule has 0 aromatic heterocycles. The number of hydrogen-bond donors (Lipinski definition) is 1. The number of benzene rings is 1. The van der Waals surface area contributed by atoms with Gasteiger partial charge in [0, 0.05) is 36.2 Å². The lowest BCUT2D eigenvalue weighted by Crippen LogP contribution is -2.36. The fourth-order valence-electron chi connectivity index (χ4n) is 3.49. The largest absolute Gasteiger partial charge is 0.369 e. The van der Waals surface area contributed by atoms with Crippen molar-refractivity contribution in [3.63, 3.8) is 0 Å². The van der Waals surface area contributed by atoms with Crippen molar-refractivity contribution in [3.8, 4) is 0 Å². The summed E-state index contributed by atoms with van der Waals surface area (Å²) in [6, 6.07) is 7.42. The zero-order valence-corrected chi connectivity index (χ0v) is 13.8. The fourth-order valence-corrected chi connectivity index (χ4v) is 4.14. The minimum atomic E-state index is 0.0924. The molecule has 2 aliphatic heterocycles. The van der Waals surface area contributed by atoms with Crippen molar-refractivity contribution >= 4 is 21.6 Å². The number of nitrogens with zero attached hydrogens (tertiary/aromatic N) is 2. The normalized spacial score (nSPS) is 25.4. The molecular formula is C16H24BrN3. The van der Waals surface area contributed by atoms with Gasteiger partial charge in [0.2, 0.25) is 0 Å². The third-order valence-electron chi connectivity index (χ3n) is 4.64. The molecule has 2 saturated heterocycles. The van der Waals surface area contributed by atoms with Crippen LogP contribution in [0.25, 0.3) is 0 Å². The lowest BCUT2D eigenvalue weighted by atomic mass is 10.1. The molecule has 2 fully saturated rings. The molecule has 2 N–H and O–H groups in total. The Kier molecular flexibility index (Phi) is 4.34.